The number of carboxylic acids is 1. The third-order valence-corrected chi connectivity index (χ3v) is 13.4. The fourth-order valence-corrected chi connectivity index (χ4v) is 11.4. The molecule has 0 saturated carbocycles. The lowest BCUT2D eigenvalue weighted by Gasteiger charge is -2.50. The number of nitrogens with two attached hydrogens (primary N) is 1. The number of hydrogen-bond acceptors (Lipinski definition) is 5. The summed E-state index contributed by atoms with van der Waals surface area (Å²) in [6.45, 7) is -2.56. The SMILES string of the molecule is COc1ccc(CC2S[C@@H]3C(N)C(=O)N3C(C(=O)O)=C2C=P(c2ccccc2)(c2ccccc2)c2ccccc2)cc1. The number of methoxy groups -OCH3 is 1. The van der Waals surface area contributed by atoms with Crippen molar-refractivity contribution in [2.45, 2.75) is 23.1 Å². The highest BCUT2D eigenvalue weighted by atomic mass is 32.2. The fraction of sp³-hybridized carbons (Fsp3) is 0.147. The Hall–Kier alpha value is -4.03. The number of amides is 1. The number of fused-ring (bicyclic) bond motifs is 1. The van der Waals surface area contributed by atoms with Crippen LogP contribution >= 0.6 is 18.6 Å². The van der Waals surface area contributed by atoms with E-state index in [1.807, 2.05) is 78.9 Å². The lowest BCUT2D eigenvalue weighted by Crippen LogP contribution is -2.69. The lowest BCUT2D eigenvalue weighted by molar-refractivity contribution is -0.147. The van der Waals surface area contributed by atoms with Crippen LogP contribution in [0.2, 0.25) is 0 Å². The first-order valence-corrected chi connectivity index (χ1v) is 16.5. The Kier molecular flexibility index (Phi) is 7.82. The molecule has 4 aromatic rings. The molecule has 1 fully saturated rings. The van der Waals surface area contributed by atoms with Gasteiger partial charge in [-0.1, -0.05) is 103 Å². The minimum Gasteiger partial charge on any atom is -0.497 e. The molecule has 1 saturated heterocycles. The zero-order valence-electron chi connectivity index (χ0n) is 23.0. The van der Waals surface area contributed by atoms with Crippen LogP contribution in [0.15, 0.2) is 127 Å². The van der Waals surface area contributed by atoms with E-state index in [2.05, 4.69) is 42.2 Å². The van der Waals surface area contributed by atoms with Crippen LogP contribution in [0, 0.1) is 0 Å². The molecule has 3 N–H and O–H groups in total. The first-order chi connectivity index (χ1) is 20.4. The summed E-state index contributed by atoms with van der Waals surface area (Å²) < 4.78 is 5.35. The van der Waals surface area contributed by atoms with Gasteiger partial charge in [0.2, 0.25) is 5.91 Å². The lowest BCUT2D eigenvalue weighted by atomic mass is 9.98. The summed E-state index contributed by atoms with van der Waals surface area (Å²) in [6, 6.07) is 37.9. The summed E-state index contributed by atoms with van der Waals surface area (Å²) in [7, 11) is 1.63. The van der Waals surface area contributed by atoms with Crippen molar-refractivity contribution in [2.75, 3.05) is 7.11 Å². The number of carbonyl (C=O) groups is 2. The van der Waals surface area contributed by atoms with Gasteiger partial charge in [-0.05, 0) is 58.3 Å². The van der Waals surface area contributed by atoms with Gasteiger partial charge in [-0.3, -0.25) is 9.69 Å². The van der Waals surface area contributed by atoms with Crippen LogP contribution in [0.3, 0.4) is 0 Å². The predicted octanol–water partition coefficient (Wildman–Crippen LogP) is 3.98. The van der Waals surface area contributed by atoms with Crippen LogP contribution in [0.5, 0.6) is 5.75 Å². The molecule has 0 aliphatic carbocycles. The predicted molar refractivity (Wildman–Crippen MR) is 173 cm³/mol. The third-order valence-electron chi connectivity index (χ3n) is 7.86. The van der Waals surface area contributed by atoms with Crippen molar-refractivity contribution in [1.82, 2.24) is 4.90 Å². The van der Waals surface area contributed by atoms with Gasteiger partial charge in [0.05, 0.1) is 7.11 Å². The van der Waals surface area contributed by atoms with Gasteiger partial charge in [-0.15, -0.1) is 11.8 Å². The van der Waals surface area contributed by atoms with Gasteiger partial charge in [0.15, 0.2) is 0 Å². The standard InChI is InChI=1S/C34H31N2O4PS/c1-40-24-19-17-23(18-20-24)21-29-28(31(34(38)39)36-32(37)30(35)33(36)42-29)22-41(25-11-5-2-6-12-25,26-13-7-3-8-14-26)27-15-9-4-10-16-27/h2-20,22,29-30,33H,21,35H2,1H3,(H,38,39)/t29?,30?,33-/m1/s1. The molecule has 4 aromatic carbocycles. The number of rotatable bonds is 8. The van der Waals surface area contributed by atoms with Gasteiger partial charge in [0.1, 0.15) is 22.9 Å². The smallest absolute Gasteiger partial charge is 0.352 e. The first-order valence-electron chi connectivity index (χ1n) is 13.7. The van der Waals surface area contributed by atoms with Crippen molar-refractivity contribution >= 4 is 52.2 Å². The zero-order chi connectivity index (χ0) is 29.3. The molecule has 1 amide bonds. The summed E-state index contributed by atoms with van der Waals surface area (Å²) in [5, 5.41) is 13.3. The van der Waals surface area contributed by atoms with E-state index < -0.39 is 24.3 Å². The summed E-state index contributed by atoms with van der Waals surface area (Å²) in [6.07, 6.45) is 0.570. The van der Waals surface area contributed by atoms with Gasteiger partial charge in [0.25, 0.3) is 0 Å². The summed E-state index contributed by atoms with van der Waals surface area (Å²) in [4.78, 5) is 27.5. The number of carbonyl (C=O) groups excluding carboxylic acids is 1. The largest absolute Gasteiger partial charge is 0.497 e. The zero-order valence-corrected chi connectivity index (χ0v) is 24.7. The normalized spacial score (nSPS) is 20.0. The molecule has 2 heterocycles. The molecule has 3 atom stereocenters. The van der Waals surface area contributed by atoms with Crippen molar-refractivity contribution in [3.63, 3.8) is 0 Å². The molecule has 42 heavy (non-hydrogen) atoms. The van der Waals surface area contributed by atoms with Crippen molar-refractivity contribution in [3.8, 4) is 5.75 Å². The molecular formula is C34H31N2O4PS. The van der Waals surface area contributed by atoms with E-state index in [0.717, 1.165) is 27.2 Å². The molecule has 0 radical (unpaired) electrons. The minimum absolute atomic E-state index is 0.0242. The number of carboxylic acid groups (broad SMARTS) is 1. The fourth-order valence-electron chi connectivity index (χ4n) is 5.78. The van der Waals surface area contributed by atoms with E-state index in [4.69, 9.17) is 10.5 Å². The van der Waals surface area contributed by atoms with Crippen LogP contribution in [0.1, 0.15) is 5.56 Å². The van der Waals surface area contributed by atoms with Crippen molar-refractivity contribution in [1.29, 1.82) is 0 Å². The maximum Gasteiger partial charge on any atom is 0.352 e. The van der Waals surface area contributed by atoms with Gasteiger partial charge in [-0.25, -0.2) is 4.79 Å². The molecule has 2 aliphatic rings. The monoisotopic (exact) mass is 594 g/mol. The van der Waals surface area contributed by atoms with E-state index >= 15 is 0 Å². The Morgan fingerprint density at radius 2 is 1.38 bits per heavy atom. The summed E-state index contributed by atoms with van der Waals surface area (Å²) >= 11 is 1.57. The van der Waals surface area contributed by atoms with Crippen LogP contribution in [-0.4, -0.2) is 51.5 Å². The van der Waals surface area contributed by atoms with Crippen LogP contribution < -0.4 is 26.4 Å². The molecule has 2 unspecified atom stereocenters. The molecule has 0 aromatic heterocycles. The average Bonchev–Trinajstić information content (AvgIpc) is 3.05. The highest BCUT2D eigenvalue weighted by Crippen LogP contribution is 2.50. The first kappa shape index (κ1) is 28.1. The quantitative estimate of drug-likeness (QED) is 0.237. The van der Waals surface area contributed by atoms with Gasteiger partial charge >= 0.3 is 5.97 Å². The average molecular weight is 595 g/mol. The number of nitrogens with zero attached hydrogens (tertiary/aromatic N) is 1. The Morgan fingerprint density at radius 3 is 1.83 bits per heavy atom. The Labute approximate surface area is 249 Å². The molecule has 8 heteroatoms. The number of benzene rings is 4. The Bertz CT molecular complexity index is 1590. The van der Waals surface area contributed by atoms with E-state index in [-0.39, 0.29) is 16.9 Å². The molecular weight excluding hydrogens is 563 g/mol. The van der Waals surface area contributed by atoms with Crippen LogP contribution in [-0.2, 0) is 16.0 Å². The Balaban J connectivity index is 1.67. The molecule has 0 spiro atoms. The number of ether oxygens (including phenoxy) is 1. The van der Waals surface area contributed by atoms with Crippen molar-refractivity contribution in [3.05, 3.63) is 132 Å². The third kappa shape index (κ3) is 4.88. The second kappa shape index (κ2) is 11.7. The van der Waals surface area contributed by atoms with Crippen molar-refractivity contribution < 1.29 is 19.4 Å². The van der Waals surface area contributed by atoms with E-state index in [1.165, 1.54) is 4.90 Å². The Morgan fingerprint density at radius 1 is 0.881 bits per heavy atom. The van der Waals surface area contributed by atoms with Gasteiger partial charge in [-0.2, -0.15) is 0 Å². The number of β-lactam (4-membered cyclic amide) rings is 1. The highest BCUT2D eigenvalue weighted by molar-refractivity contribution is 8.01. The molecule has 6 nitrogen and oxygen atoms in total. The molecule has 6 rings (SSSR count). The topological polar surface area (TPSA) is 92.9 Å². The van der Waals surface area contributed by atoms with Crippen LogP contribution in [0.4, 0.5) is 0 Å². The maximum atomic E-state index is 13.1. The minimum atomic E-state index is -2.56. The maximum absolute atomic E-state index is 13.1. The van der Waals surface area contributed by atoms with Crippen molar-refractivity contribution in [2.24, 2.45) is 5.73 Å². The van der Waals surface area contributed by atoms with Crippen LogP contribution in [0.25, 0.3) is 0 Å². The van der Waals surface area contributed by atoms with Gasteiger partial charge < -0.3 is 15.6 Å². The second-order valence-electron chi connectivity index (χ2n) is 10.3. The molecule has 0 bridgehead atoms. The molecule has 2 aliphatic heterocycles. The number of hydrogen-bond donors (Lipinski definition) is 2. The summed E-state index contributed by atoms with van der Waals surface area (Å²) in [5.74, 6) is 1.45. The van der Waals surface area contributed by atoms with E-state index in [9.17, 15) is 14.7 Å². The van der Waals surface area contributed by atoms with E-state index in [0.29, 0.717) is 12.0 Å². The number of thioether (sulfide) groups is 1. The number of aliphatic carboxylic acids is 1. The van der Waals surface area contributed by atoms with Gasteiger partial charge in [0, 0.05) is 5.25 Å². The highest BCUT2D eigenvalue weighted by Gasteiger charge is 2.54. The molecule has 212 valence electrons. The van der Waals surface area contributed by atoms with E-state index in [1.54, 1.807) is 18.9 Å². The second-order valence-corrected chi connectivity index (χ2v) is 14.8. The summed E-state index contributed by atoms with van der Waals surface area (Å²) in [5.41, 5.74) is 7.94.